The zero-order valence-electron chi connectivity index (χ0n) is 21.6. The number of methoxy groups -OCH3 is 1. The molecule has 1 N–H and O–H groups in total. The van der Waals surface area contributed by atoms with E-state index in [9.17, 15) is 18.0 Å². The Balaban J connectivity index is 1.72. The molecule has 9 nitrogen and oxygen atoms in total. The lowest BCUT2D eigenvalue weighted by atomic mass is 10.0. The van der Waals surface area contributed by atoms with E-state index in [2.05, 4.69) is 10.3 Å². The Morgan fingerprint density at radius 2 is 2.08 bits per heavy atom. The number of carbonyl (C=O) groups excluding carboxylic acids is 1. The number of hydrogen-bond acceptors (Lipinski definition) is 6. The van der Waals surface area contributed by atoms with E-state index >= 15 is 0 Å². The second kappa shape index (κ2) is 11.9. The molecule has 0 aliphatic carbocycles. The lowest BCUT2D eigenvalue weighted by molar-refractivity contribution is -0.137. The van der Waals surface area contributed by atoms with Crippen LogP contribution in [0.3, 0.4) is 0 Å². The van der Waals surface area contributed by atoms with E-state index < -0.39 is 30.7 Å². The molecule has 2 aromatic heterocycles. The molecule has 0 spiro atoms. The Kier molecular flexibility index (Phi) is 8.60. The molecule has 2 atom stereocenters. The summed E-state index contributed by atoms with van der Waals surface area (Å²) >= 11 is 0. The van der Waals surface area contributed by atoms with Crippen LogP contribution in [0.5, 0.6) is 11.6 Å². The van der Waals surface area contributed by atoms with Crippen molar-refractivity contribution in [1.82, 2.24) is 24.6 Å². The second-order valence-electron chi connectivity index (χ2n) is 9.09. The van der Waals surface area contributed by atoms with Gasteiger partial charge in [-0.1, -0.05) is 6.07 Å². The van der Waals surface area contributed by atoms with Crippen molar-refractivity contribution in [3.8, 4) is 22.9 Å². The molecule has 0 fully saturated rings. The van der Waals surface area contributed by atoms with Crippen LogP contribution >= 0.6 is 0 Å². The van der Waals surface area contributed by atoms with Crippen molar-refractivity contribution >= 4 is 11.7 Å². The molecule has 0 saturated heterocycles. The van der Waals surface area contributed by atoms with Gasteiger partial charge in [-0.3, -0.25) is 0 Å². The van der Waals surface area contributed by atoms with E-state index in [1.165, 1.54) is 0 Å². The van der Waals surface area contributed by atoms with Gasteiger partial charge in [0.2, 0.25) is 5.65 Å². The third kappa shape index (κ3) is 6.47. The number of halogens is 3. The number of urea groups is 1. The normalized spacial score (nSPS) is 19.5. The van der Waals surface area contributed by atoms with E-state index in [0.29, 0.717) is 41.5 Å². The van der Waals surface area contributed by atoms with Crippen molar-refractivity contribution in [2.45, 2.75) is 51.4 Å². The molecule has 206 valence electrons. The van der Waals surface area contributed by atoms with Gasteiger partial charge in [0, 0.05) is 50.1 Å². The first kappa shape index (κ1) is 27.5. The predicted molar refractivity (Wildman–Crippen MR) is 134 cm³/mol. The molecular formula is C26H32F3N5O4. The van der Waals surface area contributed by atoms with Crippen LogP contribution in [-0.4, -0.2) is 71.0 Å². The zero-order chi connectivity index (χ0) is 27.3. The maximum Gasteiger partial charge on any atom is 0.389 e. The number of rotatable bonds is 4. The molecule has 0 radical (unpaired) electrons. The molecule has 12 heteroatoms. The molecule has 4 rings (SSSR count). The number of aromatic nitrogens is 3. The molecule has 3 heterocycles. The summed E-state index contributed by atoms with van der Waals surface area (Å²) < 4.78 is 57.8. The quantitative estimate of drug-likeness (QED) is 0.505. The van der Waals surface area contributed by atoms with Gasteiger partial charge in [-0.15, -0.1) is 0 Å². The minimum Gasteiger partial charge on any atom is -0.496 e. The first-order chi connectivity index (χ1) is 18.2. The molecule has 1 aliphatic heterocycles. The van der Waals surface area contributed by atoms with Crippen LogP contribution < -0.4 is 14.8 Å². The van der Waals surface area contributed by atoms with Gasteiger partial charge in [0.1, 0.15) is 5.75 Å². The first-order valence-electron chi connectivity index (χ1n) is 12.6. The number of nitrogens with one attached hydrogen (secondary N) is 1. The highest BCUT2D eigenvalue weighted by atomic mass is 19.4. The smallest absolute Gasteiger partial charge is 0.389 e. The maximum absolute atomic E-state index is 13.2. The molecule has 4 bridgehead atoms. The van der Waals surface area contributed by atoms with E-state index in [4.69, 9.17) is 19.2 Å². The number of hydrogen-bond donors (Lipinski definition) is 1. The van der Waals surface area contributed by atoms with Crippen molar-refractivity contribution in [2.24, 2.45) is 0 Å². The van der Waals surface area contributed by atoms with Crippen LogP contribution in [0.15, 0.2) is 36.8 Å². The summed E-state index contributed by atoms with van der Waals surface area (Å²) in [6.07, 6.45) is 0.110. The first-order valence-corrected chi connectivity index (χ1v) is 12.6. The fourth-order valence-electron chi connectivity index (χ4n) is 4.44. The lowest BCUT2D eigenvalue weighted by Crippen LogP contribution is -2.47. The number of carbonyl (C=O) groups is 1. The predicted octanol–water partition coefficient (Wildman–Crippen LogP) is 5.01. The summed E-state index contributed by atoms with van der Waals surface area (Å²) in [4.78, 5) is 23.9. The summed E-state index contributed by atoms with van der Waals surface area (Å²) in [7, 11) is 1.57. The number of alkyl halides is 3. The topological polar surface area (TPSA) is 90.2 Å². The summed E-state index contributed by atoms with van der Waals surface area (Å²) in [6.45, 7) is 4.49. The number of ether oxygens (including phenoxy) is 3. The number of benzene rings is 1. The highest BCUT2D eigenvalue weighted by Crippen LogP contribution is 2.34. The second-order valence-corrected chi connectivity index (χ2v) is 9.09. The molecule has 2 amide bonds. The lowest BCUT2D eigenvalue weighted by Gasteiger charge is -2.31. The van der Waals surface area contributed by atoms with Crippen LogP contribution in [0.4, 0.5) is 18.0 Å². The average Bonchev–Trinajstić information content (AvgIpc) is 3.37. The third-order valence-electron chi connectivity index (χ3n) is 6.49. The van der Waals surface area contributed by atoms with Crippen molar-refractivity contribution < 1.29 is 32.2 Å². The van der Waals surface area contributed by atoms with Crippen LogP contribution in [-0.2, 0) is 4.74 Å². The zero-order valence-corrected chi connectivity index (χ0v) is 21.6. The summed E-state index contributed by atoms with van der Waals surface area (Å²) in [5.41, 5.74) is 2.65. The number of nitrogens with zero attached hydrogens (tertiary/aromatic N) is 4. The largest absolute Gasteiger partial charge is 0.496 e. The monoisotopic (exact) mass is 535 g/mol. The van der Waals surface area contributed by atoms with Gasteiger partial charge in [0.25, 0.3) is 5.88 Å². The van der Waals surface area contributed by atoms with Crippen LogP contribution in [0.25, 0.3) is 16.9 Å². The van der Waals surface area contributed by atoms with E-state index in [1.54, 1.807) is 30.5 Å². The van der Waals surface area contributed by atoms with Crippen molar-refractivity contribution in [3.63, 3.8) is 0 Å². The van der Waals surface area contributed by atoms with Crippen LogP contribution in [0, 0.1) is 0 Å². The van der Waals surface area contributed by atoms with E-state index in [0.717, 1.165) is 5.56 Å². The molecular weight excluding hydrogens is 503 g/mol. The molecule has 0 unspecified atom stereocenters. The molecule has 1 aromatic carbocycles. The standard InChI is InChI=1S/C26H32F3N5O4/c1-4-34-17(2)18-6-7-22(36-3)20(14-18)21-15-33-11-10-30-23(33)24(32-21)38-13-5-12-37-16-19(31-25(34)35)8-9-26(27,28)29/h6-7,10-11,14-15,17,19H,4-5,8-9,12-13,16H2,1-3H3,(H,31,35)/t17-,19-/m1/s1. The number of fused-ring (bicyclic) bond motifs is 7. The average molecular weight is 536 g/mol. The Hall–Kier alpha value is -3.54. The third-order valence-corrected chi connectivity index (χ3v) is 6.49. The number of imidazole rings is 1. The van der Waals surface area contributed by atoms with Crippen molar-refractivity contribution in [3.05, 3.63) is 42.4 Å². The van der Waals surface area contributed by atoms with E-state index in [1.807, 2.05) is 36.6 Å². The van der Waals surface area contributed by atoms with E-state index in [-0.39, 0.29) is 26.2 Å². The Labute approximate surface area is 218 Å². The van der Waals surface area contributed by atoms with Crippen LogP contribution in [0.2, 0.25) is 0 Å². The summed E-state index contributed by atoms with van der Waals surface area (Å²) in [6, 6.07) is 3.92. The summed E-state index contributed by atoms with van der Waals surface area (Å²) in [5, 5.41) is 2.75. The fourth-order valence-corrected chi connectivity index (χ4v) is 4.44. The molecule has 0 saturated carbocycles. The molecule has 38 heavy (non-hydrogen) atoms. The highest BCUT2D eigenvalue weighted by molar-refractivity contribution is 5.75. The summed E-state index contributed by atoms with van der Waals surface area (Å²) in [5.74, 6) is 0.928. The van der Waals surface area contributed by atoms with Gasteiger partial charge < -0.3 is 28.8 Å². The fraction of sp³-hybridized carbons (Fsp3) is 0.500. The molecule has 3 aromatic rings. The van der Waals surface area contributed by atoms with Gasteiger partial charge >= 0.3 is 12.2 Å². The van der Waals surface area contributed by atoms with Gasteiger partial charge in [-0.05, 0) is 38.0 Å². The molecule has 1 aliphatic rings. The SMILES string of the molecule is CCN1C(=O)N[C@H](CCC(F)(F)F)COCCCOc2nc(cn3ccnc23)-c2cc(ccc2OC)[C@H]1C. The van der Waals surface area contributed by atoms with Crippen molar-refractivity contribution in [1.29, 1.82) is 0 Å². The Morgan fingerprint density at radius 3 is 2.82 bits per heavy atom. The Bertz CT molecular complexity index is 1250. The van der Waals surface area contributed by atoms with Gasteiger partial charge in [-0.2, -0.15) is 13.2 Å². The van der Waals surface area contributed by atoms with Crippen LogP contribution in [0.1, 0.15) is 44.7 Å². The maximum atomic E-state index is 13.2. The van der Waals surface area contributed by atoms with Gasteiger partial charge in [0.15, 0.2) is 0 Å². The Morgan fingerprint density at radius 1 is 1.26 bits per heavy atom. The minimum atomic E-state index is -4.33. The number of amides is 2. The van der Waals surface area contributed by atoms with Gasteiger partial charge in [0.05, 0.1) is 38.1 Å². The minimum absolute atomic E-state index is 0.0430. The van der Waals surface area contributed by atoms with Crippen molar-refractivity contribution in [2.75, 3.05) is 33.5 Å². The highest BCUT2D eigenvalue weighted by Gasteiger charge is 2.30. The van der Waals surface area contributed by atoms with Gasteiger partial charge in [-0.25, -0.2) is 14.8 Å².